The lowest BCUT2D eigenvalue weighted by Gasteiger charge is -2.20. The van der Waals surface area contributed by atoms with Gasteiger partial charge < -0.3 is 0 Å². The Labute approximate surface area is 286 Å². The van der Waals surface area contributed by atoms with Crippen molar-refractivity contribution < 1.29 is 0 Å². The van der Waals surface area contributed by atoms with E-state index in [9.17, 15) is 0 Å². The molecule has 0 aromatic heterocycles. The van der Waals surface area contributed by atoms with Gasteiger partial charge in [0.25, 0.3) is 0 Å². The Bertz CT molecular complexity index is 2770. The second-order valence-corrected chi connectivity index (χ2v) is 13.2. The SMILES string of the molecule is c1ccc(C2=C(c3ccccc3)c3cc4c(-c5ccc6ccccc6c5)c5ccccc5c(-c5ccc6ccccc6c5)c4cc3C2)cc1. The second kappa shape index (κ2) is 11.2. The van der Waals surface area contributed by atoms with Crippen LogP contribution in [0.5, 0.6) is 0 Å². The summed E-state index contributed by atoms with van der Waals surface area (Å²) in [4.78, 5) is 0. The van der Waals surface area contributed by atoms with E-state index in [1.807, 2.05) is 0 Å². The van der Waals surface area contributed by atoms with Crippen molar-refractivity contribution in [3.63, 3.8) is 0 Å². The lowest BCUT2D eigenvalue weighted by atomic mass is 9.83. The van der Waals surface area contributed by atoms with Crippen molar-refractivity contribution >= 4 is 54.2 Å². The normalized spacial score (nSPS) is 12.7. The number of rotatable bonds is 4. The third kappa shape index (κ3) is 4.53. The molecule has 1 aliphatic carbocycles. The minimum atomic E-state index is 0.898. The molecular weight excluding hydrogens is 589 g/mol. The monoisotopic (exact) mass is 620 g/mol. The van der Waals surface area contributed by atoms with E-state index in [0.717, 1.165) is 6.42 Å². The van der Waals surface area contributed by atoms with Crippen molar-refractivity contribution in [2.45, 2.75) is 6.42 Å². The first-order chi connectivity index (χ1) is 24.3. The van der Waals surface area contributed by atoms with Crippen LogP contribution in [0.1, 0.15) is 22.3 Å². The molecule has 0 spiro atoms. The van der Waals surface area contributed by atoms with Crippen LogP contribution in [0.2, 0.25) is 0 Å². The van der Waals surface area contributed by atoms with Crippen LogP contribution in [0.4, 0.5) is 0 Å². The highest BCUT2D eigenvalue weighted by atomic mass is 14.3. The third-order valence-electron chi connectivity index (χ3n) is 10.4. The molecular formula is C49H32. The van der Waals surface area contributed by atoms with Gasteiger partial charge in [0.05, 0.1) is 0 Å². The summed E-state index contributed by atoms with van der Waals surface area (Å²) >= 11 is 0. The van der Waals surface area contributed by atoms with Crippen molar-refractivity contribution in [1.29, 1.82) is 0 Å². The maximum absolute atomic E-state index is 2.52. The van der Waals surface area contributed by atoms with E-state index in [-0.39, 0.29) is 0 Å². The summed E-state index contributed by atoms with van der Waals surface area (Å²) in [5.41, 5.74) is 13.1. The van der Waals surface area contributed by atoms with E-state index in [0.29, 0.717) is 0 Å². The first-order valence-corrected chi connectivity index (χ1v) is 17.1. The van der Waals surface area contributed by atoms with Crippen LogP contribution in [-0.4, -0.2) is 0 Å². The molecule has 0 heterocycles. The van der Waals surface area contributed by atoms with Crippen molar-refractivity contribution in [1.82, 2.24) is 0 Å². The zero-order valence-electron chi connectivity index (χ0n) is 27.0. The number of fused-ring (bicyclic) bond motifs is 5. The molecule has 0 unspecified atom stereocenters. The smallest absolute Gasteiger partial charge is 0.000705 e. The summed E-state index contributed by atoms with van der Waals surface area (Å²) in [7, 11) is 0. The summed E-state index contributed by atoms with van der Waals surface area (Å²) in [6, 6.07) is 67.3. The van der Waals surface area contributed by atoms with Crippen molar-refractivity contribution in [3.8, 4) is 22.3 Å². The molecule has 0 saturated carbocycles. The van der Waals surface area contributed by atoms with E-state index in [2.05, 4.69) is 182 Å². The Morgan fingerprint density at radius 1 is 0.306 bits per heavy atom. The van der Waals surface area contributed by atoms with Gasteiger partial charge in [-0.2, -0.15) is 0 Å². The predicted molar refractivity (Wildman–Crippen MR) is 210 cm³/mol. The zero-order valence-corrected chi connectivity index (χ0v) is 27.0. The van der Waals surface area contributed by atoms with E-state index in [4.69, 9.17) is 0 Å². The Hall–Kier alpha value is -6.24. The van der Waals surface area contributed by atoms with Gasteiger partial charge in [-0.3, -0.25) is 0 Å². The quantitative estimate of drug-likeness (QED) is 0.172. The third-order valence-corrected chi connectivity index (χ3v) is 10.4. The molecule has 49 heavy (non-hydrogen) atoms. The van der Waals surface area contributed by atoms with Crippen LogP contribution in [0.3, 0.4) is 0 Å². The maximum Gasteiger partial charge on any atom is -0.000705 e. The van der Waals surface area contributed by atoms with Gasteiger partial charge >= 0.3 is 0 Å². The second-order valence-electron chi connectivity index (χ2n) is 13.2. The molecule has 0 nitrogen and oxygen atoms in total. The van der Waals surface area contributed by atoms with Gasteiger partial charge in [-0.15, -0.1) is 0 Å². The van der Waals surface area contributed by atoms with Gasteiger partial charge in [0.1, 0.15) is 0 Å². The molecule has 0 heteroatoms. The molecule has 0 saturated heterocycles. The highest BCUT2D eigenvalue weighted by molar-refractivity contribution is 6.23. The lowest BCUT2D eigenvalue weighted by Crippen LogP contribution is -1.95. The standard InChI is InChI=1S/C49H32/c1-3-15-34(16-4-1)43-29-40-30-45-46(31-44(40)47(43)35-17-5-2-6-18-35)49(39-26-24-33-14-8-10-20-37(33)28-39)42-22-12-11-21-41(42)48(45)38-25-23-32-13-7-9-19-36(32)27-38/h1-28,30-31H,29H2. The first kappa shape index (κ1) is 27.8. The molecule has 0 atom stereocenters. The summed E-state index contributed by atoms with van der Waals surface area (Å²) in [5.74, 6) is 0. The first-order valence-electron chi connectivity index (χ1n) is 17.1. The van der Waals surface area contributed by atoms with Gasteiger partial charge in [0.2, 0.25) is 0 Å². The fourth-order valence-electron chi connectivity index (χ4n) is 8.22. The van der Waals surface area contributed by atoms with E-state index in [1.165, 1.54) is 98.7 Å². The molecule has 1 aliphatic rings. The van der Waals surface area contributed by atoms with Crippen molar-refractivity contribution in [3.05, 3.63) is 204 Å². The van der Waals surface area contributed by atoms with Crippen LogP contribution < -0.4 is 0 Å². The zero-order chi connectivity index (χ0) is 32.3. The van der Waals surface area contributed by atoms with Crippen LogP contribution in [0.25, 0.3) is 76.5 Å². The Morgan fingerprint density at radius 3 is 1.35 bits per heavy atom. The largest absolute Gasteiger partial charge is 0.0622 e. The molecule has 0 amide bonds. The molecule has 9 aromatic carbocycles. The van der Waals surface area contributed by atoms with Crippen LogP contribution in [0.15, 0.2) is 182 Å². The van der Waals surface area contributed by atoms with Gasteiger partial charge in [-0.05, 0) is 129 Å². The molecule has 228 valence electrons. The molecule has 9 aromatic rings. The van der Waals surface area contributed by atoms with E-state index < -0.39 is 0 Å². The fraction of sp³-hybridized carbons (Fsp3) is 0.0204. The maximum atomic E-state index is 2.52. The average Bonchev–Trinajstić information content (AvgIpc) is 3.55. The molecule has 0 radical (unpaired) electrons. The van der Waals surface area contributed by atoms with Crippen LogP contribution in [0, 0.1) is 0 Å². The van der Waals surface area contributed by atoms with Crippen LogP contribution in [-0.2, 0) is 6.42 Å². The number of hydrogen-bond acceptors (Lipinski definition) is 0. The highest BCUT2D eigenvalue weighted by Crippen LogP contribution is 2.49. The van der Waals surface area contributed by atoms with Gasteiger partial charge in [-0.1, -0.05) is 158 Å². The molecule has 10 rings (SSSR count). The van der Waals surface area contributed by atoms with E-state index >= 15 is 0 Å². The summed E-state index contributed by atoms with van der Waals surface area (Å²) in [5, 5.41) is 10.2. The van der Waals surface area contributed by atoms with Crippen molar-refractivity contribution in [2.75, 3.05) is 0 Å². The summed E-state index contributed by atoms with van der Waals surface area (Å²) in [6.45, 7) is 0. The molecule has 0 aliphatic heterocycles. The lowest BCUT2D eigenvalue weighted by molar-refractivity contribution is 1.33. The minimum Gasteiger partial charge on any atom is -0.0622 e. The van der Waals surface area contributed by atoms with Crippen LogP contribution >= 0.6 is 0 Å². The molecule has 0 fully saturated rings. The molecule has 0 N–H and O–H groups in total. The van der Waals surface area contributed by atoms with Gasteiger partial charge in [0.15, 0.2) is 0 Å². The Balaban J connectivity index is 1.35. The van der Waals surface area contributed by atoms with Gasteiger partial charge in [-0.25, -0.2) is 0 Å². The topological polar surface area (TPSA) is 0 Å². The van der Waals surface area contributed by atoms with Crippen molar-refractivity contribution in [2.24, 2.45) is 0 Å². The van der Waals surface area contributed by atoms with E-state index in [1.54, 1.807) is 0 Å². The Kier molecular flexibility index (Phi) is 6.35. The number of benzene rings is 9. The average molecular weight is 621 g/mol. The highest BCUT2D eigenvalue weighted by Gasteiger charge is 2.27. The predicted octanol–water partition coefficient (Wildman–Crippen LogP) is 13.1. The minimum absolute atomic E-state index is 0.898. The fourth-order valence-corrected chi connectivity index (χ4v) is 8.22. The summed E-state index contributed by atoms with van der Waals surface area (Å²) < 4.78 is 0. The Morgan fingerprint density at radius 2 is 0.776 bits per heavy atom. The number of hydrogen-bond donors (Lipinski definition) is 0. The number of allylic oxidation sites excluding steroid dienone is 1. The molecule has 0 bridgehead atoms. The van der Waals surface area contributed by atoms with Gasteiger partial charge in [0, 0.05) is 0 Å². The summed E-state index contributed by atoms with van der Waals surface area (Å²) in [6.07, 6.45) is 0.898.